The van der Waals surface area contributed by atoms with E-state index in [4.69, 9.17) is 5.26 Å². The Hall–Kier alpha value is -1.58. The maximum absolute atomic E-state index is 11.7. The van der Waals surface area contributed by atoms with Crippen molar-refractivity contribution < 1.29 is 17.9 Å². The number of nitrogens with one attached hydrogen (secondary N) is 1. The summed E-state index contributed by atoms with van der Waals surface area (Å²) in [6.45, 7) is -0.335. The summed E-state index contributed by atoms with van der Waals surface area (Å²) < 4.78 is 39.6. The van der Waals surface area contributed by atoms with Gasteiger partial charge < -0.3 is 10.1 Å². The minimum absolute atomic E-state index is 0.00971. The van der Waals surface area contributed by atoms with Crippen molar-refractivity contribution in [3.63, 3.8) is 0 Å². The molecule has 0 fully saturated rings. The van der Waals surface area contributed by atoms with Crippen LogP contribution in [0.1, 0.15) is 11.1 Å². The predicted octanol–water partition coefficient (Wildman–Crippen LogP) is 2.23. The van der Waals surface area contributed by atoms with Crippen molar-refractivity contribution in [3.8, 4) is 6.07 Å². The van der Waals surface area contributed by atoms with Crippen LogP contribution in [0.5, 0.6) is 0 Å². The Bertz CT molecular complexity index is 395. The van der Waals surface area contributed by atoms with Gasteiger partial charge in [0.15, 0.2) is 0 Å². The highest BCUT2D eigenvalue weighted by Gasteiger charge is 2.27. The molecule has 0 aliphatic carbocycles. The first-order valence-electron chi connectivity index (χ1n) is 5.35. The van der Waals surface area contributed by atoms with Crippen molar-refractivity contribution in [2.45, 2.75) is 12.7 Å². The van der Waals surface area contributed by atoms with E-state index in [0.717, 1.165) is 5.56 Å². The Kier molecular flexibility index (Phi) is 5.62. The molecule has 98 valence electrons. The number of hydrogen-bond donors (Lipinski definition) is 1. The molecule has 6 heteroatoms. The van der Waals surface area contributed by atoms with Crippen molar-refractivity contribution in [1.29, 1.82) is 5.26 Å². The van der Waals surface area contributed by atoms with Gasteiger partial charge in [0, 0.05) is 13.1 Å². The van der Waals surface area contributed by atoms with Crippen LogP contribution in [0.25, 0.3) is 0 Å². The molecule has 0 heterocycles. The van der Waals surface area contributed by atoms with Crippen LogP contribution in [-0.2, 0) is 11.3 Å². The second kappa shape index (κ2) is 6.99. The fourth-order valence-corrected chi connectivity index (χ4v) is 1.26. The molecule has 0 unspecified atom stereocenters. The van der Waals surface area contributed by atoms with E-state index in [1.165, 1.54) is 0 Å². The number of nitrogens with zero attached hydrogens (tertiary/aromatic N) is 1. The van der Waals surface area contributed by atoms with E-state index < -0.39 is 12.8 Å². The molecule has 1 rings (SSSR count). The van der Waals surface area contributed by atoms with Gasteiger partial charge in [-0.05, 0) is 17.7 Å². The molecular formula is C12H13F3N2O. The standard InChI is InChI=1S/C12H13F3N2O/c13-12(14,15)9-18-6-5-17-8-11-3-1-10(7-16)2-4-11/h1-4,17H,5-6,8-9H2. The first-order valence-corrected chi connectivity index (χ1v) is 5.35. The number of hydrogen-bond acceptors (Lipinski definition) is 3. The molecule has 1 N–H and O–H groups in total. The molecule has 1 aromatic rings. The third-order valence-corrected chi connectivity index (χ3v) is 2.10. The van der Waals surface area contributed by atoms with E-state index in [2.05, 4.69) is 10.1 Å². The lowest BCUT2D eigenvalue weighted by molar-refractivity contribution is -0.173. The summed E-state index contributed by atoms with van der Waals surface area (Å²) in [4.78, 5) is 0. The zero-order valence-electron chi connectivity index (χ0n) is 9.63. The van der Waals surface area contributed by atoms with Gasteiger partial charge in [-0.15, -0.1) is 0 Å². The van der Waals surface area contributed by atoms with Gasteiger partial charge in [-0.1, -0.05) is 12.1 Å². The third kappa shape index (κ3) is 6.23. The zero-order valence-corrected chi connectivity index (χ0v) is 9.63. The maximum Gasteiger partial charge on any atom is 0.411 e. The molecule has 0 saturated heterocycles. The van der Waals surface area contributed by atoms with Crippen LogP contribution in [0.4, 0.5) is 13.2 Å². The average Bonchev–Trinajstić information content (AvgIpc) is 2.33. The molecule has 0 saturated carbocycles. The Morgan fingerprint density at radius 2 is 1.89 bits per heavy atom. The lowest BCUT2D eigenvalue weighted by atomic mass is 10.1. The number of ether oxygens (including phenoxy) is 1. The topological polar surface area (TPSA) is 45.0 Å². The van der Waals surface area contributed by atoms with Crippen LogP contribution in [0.2, 0.25) is 0 Å². The van der Waals surface area contributed by atoms with Gasteiger partial charge in [0.1, 0.15) is 6.61 Å². The molecule has 0 aromatic heterocycles. The van der Waals surface area contributed by atoms with Gasteiger partial charge in [0.05, 0.1) is 18.2 Å². The van der Waals surface area contributed by atoms with Crippen LogP contribution in [-0.4, -0.2) is 25.9 Å². The van der Waals surface area contributed by atoms with E-state index in [-0.39, 0.29) is 6.61 Å². The van der Waals surface area contributed by atoms with Crippen LogP contribution < -0.4 is 5.32 Å². The second-order valence-corrected chi connectivity index (χ2v) is 3.65. The van der Waals surface area contributed by atoms with Crippen molar-refractivity contribution >= 4 is 0 Å². The van der Waals surface area contributed by atoms with Crippen LogP contribution >= 0.6 is 0 Å². The zero-order chi connectivity index (χ0) is 13.4. The number of alkyl halides is 3. The summed E-state index contributed by atoms with van der Waals surface area (Å²) >= 11 is 0. The number of benzene rings is 1. The highest BCUT2D eigenvalue weighted by molar-refractivity contribution is 5.31. The SMILES string of the molecule is N#Cc1ccc(CNCCOCC(F)(F)F)cc1. The maximum atomic E-state index is 11.7. The summed E-state index contributed by atoms with van der Waals surface area (Å²) in [6, 6.07) is 8.98. The van der Waals surface area contributed by atoms with Crippen molar-refractivity contribution in [1.82, 2.24) is 5.32 Å². The van der Waals surface area contributed by atoms with Crippen LogP contribution in [0.15, 0.2) is 24.3 Å². The molecule has 0 radical (unpaired) electrons. The monoisotopic (exact) mass is 258 g/mol. The Labute approximate surface area is 103 Å². The summed E-state index contributed by atoms with van der Waals surface area (Å²) in [5, 5.41) is 11.5. The first-order chi connectivity index (χ1) is 8.51. The summed E-state index contributed by atoms with van der Waals surface area (Å²) in [6.07, 6.45) is -4.27. The van der Waals surface area contributed by atoms with E-state index in [1.54, 1.807) is 24.3 Å². The van der Waals surface area contributed by atoms with Gasteiger partial charge in [0.2, 0.25) is 0 Å². The quantitative estimate of drug-likeness (QED) is 0.796. The fourth-order valence-electron chi connectivity index (χ4n) is 1.26. The normalized spacial score (nSPS) is 11.2. The average molecular weight is 258 g/mol. The Morgan fingerprint density at radius 1 is 1.22 bits per heavy atom. The van der Waals surface area contributed by atoms with Crippen LogP contribution in [0.3, 0.4) is 0 Å². The molecule has 0 atom stereocenters. The lowest BCUT2D eigenvalue weighted by Crippen LogP contribution is -2.23. The highest BCUT2D eigenvalue weighted by Crippen LogP contribution is 2.13. The minimum Gasteiger partial charge on any atom is -0.371 e. The molecule has 18 heavy (non-hydrogen) atoms. The predicted molar refractivity (Wildman–Crippen MR) is 59.7 cm³/mol. The highest BCUT2D eigenvalue weighted by atomic mass is 19.4. The van der Waals surface area contributed by atoms with Gasteiger partial charge >= 0.3 is 6.18 Å². The van der Waals surface area contributed by atoms with Crippen LogP contribution in [0, 0.1) is 11.3 Å². The lowest BCUT2D eigenvalue weighted by Gasteiger charge is -2.08. The fraction of sp³-hybridized carbons (Fsp3) is 0.417. The molecule has 3 nitrogen and oxygen atoms in total. The van der Waals surface area contributed by atoms with Crippen molar-refractivity contribution in [2.24, 2.45) is 0 Å². The van der Waals surface area contributed by atoms with E-state index >= 15 is 0 Å². The number of halogens is 3. The molecular weight excluding hydrogens is 245 g/mol. The first kappa shape index (κ1) is 14.5. The summed E-state index contributed by atoms with van der Waals surface area (Å²) in [5.74, 6) is 0. The summed E-state index contributed by atoms with van der Waals surface area (Å²) in [5.41, 5.74) is 1.54. The van der Waals surface area contributed by atoms with E-state index in [9.17, 15) is 13.2 Å². The van der Waals surface area contributed by atoms with Crippen molar-refractivity contribution in [2.75, 3.05) is 19.8 Å². The molecule has 0 aliphatic rings. The third-order valence-electron chi connectivity index (χ3n) is 2.10. The number of nitriles is 1. The summed E-state index contributed by atoms with van der Waals surface area (Å²) in [7, 11) is 0. The van der Waals surface area contributed by atoms with Crippen molar-refractivity contribution in [3.05, 3.63) is 35.4 Å². The van der Waals surface area contributed by atoms with Gasteiger partial charge in [-0.3, -0.25) is 0 Å². The van der Waals surface area contributed by atoms with E-state index in [1.807, 2.05) is 6.07 Å². The van der Waals surface area contributed by atoms with E-state index in [0.29, 0.717) is 18.7 Å². The second-order valence-electron chi connectivity index (χ2n) is 3.65. The largest absolute Gasteiger partial charge is 0.411 e. The van der Waals surface area contributed by atoms with Gasteiger partial charge in [-0.25, -0.2) is 0 Å². The molecule has 0 amide bonds. The minimum atomic E-state index is -4.27. The molecule has 0 bridgehead atoms. The smallest absolute Gasteiger partial charge is 0.371 e. The number of rotatable bonds is 6. The molecule has 1 aromatic carbocycles. The molecule has 0 aliphatic heterocycles. The Morgan fingerprint density at radius 3 is 2.44 bits per heavy atom. The van der Waals surface area contributed by atoms with Gasteiger partial charge in [-0.2, -0.15) is 18.4 Å². The van der Waals surface area contributed by atoms with Gasteiger partial charge in [0.25, 0.3) is 0 Å². The molecule has 0 spiro atoms. The Balaban J connectivity index is 2.12.